The summed E-state index contributed by atoms with van der Waals surface area (Å²) >= 11 is 2.18. The predicted molar refractivity (Wildman–Crippen MR) is 78.3 cm³/mol. The predicted octanol–water partition coefficient (Wildman–Crippen LogP) is 1.94. The highest BCUT2D eigenvalue weighted by molar-refractivity contribution is 14.1. The first-order chi connectivity index (χ1) is 9.39. The first-order valence-electron chi connectivity index (χ1n) is 7.38. The van der Waals surface area contributed by atoms with Crippen LogP contribution in [0.1, 0.15) is 39.5 Å². The van der Waals surface area contributed by atoms with Gasteiger partial charge in [0.2, 0.25) is 0 Å². The molecule has 1 spiro atoms. The van der Waals surface area contributed by atoms with E-state index in [-0.39, 0.29) is 33.9 Å². The molecule has 6 heteroatoms. The van der Waals surface area contributed by atoms with Crippen molar-refractivity contribution < 1.29 is 24.1 Å². The van der Waals surface area contributed by atoms with Gasteiger partial charge in [0, 0.05) is 12.8 Å². The van der Waals surface area contributed by atoms with Crippen molar-refractivity contribution in [2.45, 2.75) is 80.1 Å². The Morgan fingerprint density at radius 1 is 1.05 bits per heavy atom. The minimum absolute atomic E-state index is 0.0610. The summed E-state index contributed by atoms with van der Waals surface area (Å²) in [6.07, 6.45) is 2.47. The van der Waals surface area contributed by atoms with Gasteiger partial charge in [-0.15, -0.1) is 0 Å². The average molecular weight is 396 g/mol. The van der Waals surface area contributed by atoms with Crippen molar-refractivity contribution in [3.05, 3.63) is 0 Å². The molecule has 3 saturated heterocycles. The van der Waals surface area contributed by atoms with E-state index in [9.17, 15) is 5.11 Å². The van der Waals surface area contributed by atoms with Gasteiger partial charge in [-0.1, -0.05) is 36.4 Å². The van der Waals surface area contributed by atoms with E-state index in [1.807, 2.05) is 0 Å². The molecule has 114 valence electrons. The van der Waals surface area contributed by atoms with Crippen LogP contribution in [0, 0.1) is 5.41 Å². The molecule has 5 nitrogen and oxygen atoms in total. The zero-order chi connectivity index (χ0) is 14.1. The zero-order valence-corrected chi connectivity index (χ0v) is 13.9. The van der Waals surface area contributed by atoms with Crippen LogP contribution in [0.25, 0.3) is 0 Å². The van der Waals surface area contributed by atoms with Gasteiger partial charge < -0.3 is 24.1 Å². The molecule has 7 atom stereocenters. The Bertz CT molecular complexity index is 416. The molecule has 1 aliphatic carbocycles. The van der Waals surface area contributed by atoms with Gasteiger partial charge in [-0.3, -0.25) is 0 Å². The van der Waals surface area contributed by atoms with Crippen LogP contribution in [0.15, 0.2) is 0 Å². The third kappa shape index (κ3) is 2.06. The molecule has 0 aromatic carbocycles. The molecule has 0 aromatic heterocycles. The highest BCUT2D eigenvalue weighted by Gasteiger charge is 2.64. The molecule has 4 fully saturated rings. The van der Waals surface area contributed by atoms with Gasteiger partial charge in [-0.25, -0.2) is 0 Å². The molecular formula is C14H21IO5. The largest absolute Gasteiger partial charge is 0.367 e. The third-order valence-electron chi connectivity index (χ3n) is 4.93. The van der Waals surface area contributed by atoms with Gasteiger partial charge in [-0.05, 0) is 18.3 Å². The fourth-order valence-corrected chi connectivity index (χ4v) is 4.86. The molecule has 4 aliphatic rings. The van der Waals surface area contributed by atoms with E-state index in [0.29, 0.717) is 0 Å². The lowest BCUT2D eigenvalue weighted by molar-refractivity contribution is -0.255. The smallest absolute Gasteiger partial charge is 0.190 e. The molecule has 3 aliphatic heterocycles. The summed E-state index contributed by atoms with van der Waals surface area (Å²) in [6, 6.07) is 0. The van der Waals surface area contributed by atoms with Gasteiger partial charge >= 0.3 is 0 Å². The molecule has 0 aromatic rings. The number of aliphatic hydroxyl groups excluding tert-OH is 1. The SMILES string of the molecule is CC1(C)CCCC2(C1)OC1OC3C(I)C(O)OC3C1O2. The van der Waals surface area contributed by atoms with Crippen molar-refractivity contribution in [2.24, 2.45) is 5.41 Å². The summed E-state index contributed by atoms with van der Waals surface area (Å²) in [6.45, 7) is 4.52. The van der Waals surface area contributed by atoms with Crippen molar-refractivity contribution in [2.75, 3.05) is 0 Å². The van der Waals surface area contributed by atoms with Crippen LogP contribution < -0.4 is 0 Å². The molecule has 1 saturated carbocycles. The summed E-state index contributed by atoms with van der Waals surface area (Å²) in [5.41, 5.74) is 0.234. The number of hydrogen-bond donors (Lipinski definition) is 1. The summed E-state index contributed by atoms with van der Waals surface area (Å²) in [4.78, 5) is 0. The molecule has 20 heavy (non-hydrogen) atoms. The second-order valence-electron chi connectivity index (χ2n) is 7.21. The van der Waals surface area contributed by atoms with Crippen molar-refractivity contribution in [3.8, 4) is 0 Å². The summed E-state index contributed by atoms with van der Waals surface area (Å²) in [5, 5.41) is 9.80. The second-order valence-corrected chi connectivity index (χ2v) is 8.65. The highest BCUT2D eigenvalue weighted by Crippen LogP contribution is 2.52. The minimum atomic E-state index is -0.769. The monoisotopic (exact) mass is 396 g/mol. The Labute approximate surface area is 132 Å². The first-order valence-corrected chi connectivity index (χ1v) is 8.63. The van der Waals surface area contributed by atoms with Crippen molar-refractivity contribution in [1.82, 2.24) is 0 Å². The summed E-state index contributed by atoms with van der Waals surface area (Å²) < 4.78 is 23.9. The van der Waals surface area contributed by atoms with Crippen LogP contribution in [0.2, 0.25) is 0 Å². The molecule has 0 radical (unpaired) electrons. The number of halogens is 1. The van der Waals surface area contributed by atoms with E-state index in [1.54, 1.807) is 0 Å². The number of fused-ring (bicyclic) bond motifs is 3. The fourth-order valence-electron chi connectivity index (χ4n) is 4.11. The quantitative estimate of drug-likeness (QED) is 0.501. The number of alkyl halides is 1. The standard InChI is InChI=1S/C14H21IO5/c1-13(2)4-3-5-14(6-13)19-10-9-8(18-12(10)20-14)7(15)11(16)17-9/h7-12,16H,3-6H2,1-2H3. The maximum Gasteiger partial charge on any atom is 0.190 e. The van der Waals surface area contributed by atoms with Crippen molar-refractivity contribution >= 4 is 22.6 Å². The van der Waals surface area contributed by atoms with E-state index in [1.165, 1.54) is 6.42 Å². The Morgan fingerprint density at radius 3 is 2.60 bits per heavy atom. The lowest BCUT2D eigenvalue weighted by atomic mass is 9.74. The topological polar surface area (TPSA) is 57.2 Å². The molecule has 7 unspecified atom stereocenters. The van der Waals surface area contributed by atoms with Crippen LogP contribution in [-0.4, -0.2) is 45.7 Å². The maximum absolute atomic E-state index is 9.80. The number of rotatable bonds is 0. The first kappa shape index (κ1) is 14.1. The van der Waals surface area contributed by atoms with Crippen LogP contribution in [-0.2, 0) is 18.9 Å². The van der Waals surface area contributed by atoms with Gasteiger partial charge in [-0.2, -0.15) is 0 Å². The van der Waals surface area contributed by atoms with Crippen molar-refractivity contribution in [1.29, 1.82) is 0 Å². The molecule has 4 rings (SSSR count). The van der Waals surface area contributed by atoms with E-state index >= 15 is 0 Å². The van der Waals surface area contributed by atoms with E-state index in [2.05, 4.69) is 36.4 Å². The van der Waals surface area contributed by atoms with Gasteiger partial charge in [0.1, 0.15) is 18.3 Å². The Morgan fingerprint density at radius 2 is 1.85 bits per heavy atom. The Balaban J connectivity index is 1.53. The Hall–Kier alpha value is 0.530. The maximum atomic E-state index is 9.80. The minimum Gasteiger partial charge on any atom is -0.367 e. The molecule has 1 N–H and O–H groups in total. The van der Waals surface area contributed by atoms with Crippen molar-refractivity contribution in [3.63, 3.8) is 0 Å². The Kier molecular flexibility index (Phi) is 3.19. The van der Waals surface area contributed by atoms with Gasteiger partial charge in [0.05, 0.1) is 3.92 Å². The van der Waals surface area contributed by atoms with Crippen LogP contribution in [0.4, 0.5) is 0 Å². The average Bonchev–Trinajstić information content (AvgIpc) is 2.91. The third-order valence-corrected chi connectivity index (χ3v) is 6.25. The number of aliphatic hydroxyl groups is 1. The molecule has 0 amide bonds. The van der Waals surface area contributed by atoms with Crippen LogP contribution in [0.3, 0.4) is 0 Å². The molecule has 0 bridgehead atoms. The normalized spacial score (nSPS) is 57.0. The van der Waals surface area contributed by atoms with Crippen LogP contribution in [0.5, 0.6) is 0 Å². The molecule has 3 heterocycles. The number of ether oxygens (including phenoxy) is 4. The van der Waals surface area contributed by atoms with Gasteiger partial charge in [0.15, 0.2) is 18.4 Å². The highest BCUT2D eigenvalue weighted by atomic mass is 127. The van der Waals surface area contributed by atoms with E-state index in [0.717, 1.165) is 19.3 Å². The fraction of sp³-hybridized carbons (Fsp3) is 1.00. The van der Waals surface area contributed by atoms with E-state index < -0.39 is 12.1 Å². The summed E-state index contributed by atoms with van der Waals surface area (Å²) in [5.74, 6) is -0.514. The van der Waals surface area contributed by atoms with Gasteiger partial charge in [0.25, 0.3) is 0 Å². The lowest BCUT2D eigenvalue weighted by Crippen LogP contribution is -2.43. The zero-order valence-electron chi connectivity index (χ0n) is 11.8. The van der Waals surface area contributed by atoms with Crippen LogP contribution >= 0.6 is 22.6 Å². The number of hydrogen-bond acceptors (Lipinski definition) is 5. The lowest BCUT2D eigenvalue weighted by Gasteiger charge is -2.41. The summed E-state index contributed by atoms with van der Waals surface area (Å²) in [7, 11) is 0. The van der Waals surface area contributed by atoms with E-state index in [4.69, 9.17) is 18.9 Å². The second kappa shape index (κ2) is 4.52. The molecular weight excluding hydrogens is 375 g/mol.